The van der Waals surface area contributed by atoms with Crippen molar-refractivity contribution in [1.82, 2.24) is 0 Å². The van der Waals surface area contributed by atoms with Gasteiger partial charge in [-0.3, -0.25) is 14.4 Å². The van der Waals surface area contributed by atoms with Gasteiger partial charge < -0.3 is 19.7 Å². The molecule has 9 nitrogen and oxygen atoms in total. The summed E-state index contributed by atoms with van der Waals surface area (Å²) in [6.07, 6.45) is 2.65. The number of carboxylic acid groups (broad SMARTS) is 2. The van der Waals surface area contributed by atoms with E-state index in [9.17, 15) is 14.4 Å². The van der Waals surface area contributed by atoms with Gasteiger partial charge in [0.2, 0.25) is 12.1 Å². The van der Waals surface area contributed by atoms with Gasteiger partial charge in [-0.2, -0.15) is 0 Å². The first-order valence-corrected chi connectivity index (χ1v) is 9.78. The maximum atomic E-state index is 12.1. The number of hydrogen-bond donors (Lipinski definition) is 2. The summed E-state index contributed by atoms with van der Waals surface area (Å²) >= 11 is 0. The van der Waals surface area contributed by atoms with Crippen LogP contribution in [0, 0.1) is 23.7 Å². The Kier molecular flexibility index (Phi) is 5.71. The molecule has 158 valence electrons. The smallest absolute Gasteiger partial charge is 0.311 e. The Balaban J connectivity index is 0.000000242. The van der Waals surface area contributed by atoms with Crippen LogP contribution in [0.5, 0.6) is 0 Å². The summed E-state index contributed by atoms with van der Waals surface area (Å²) in [5, 5.41) is 15.8. The number of fused-ring (bicyclic) bond motifs is 2. The standard InChI is InChI=1S/C15H22O5.C4H6O4/c1-8-4-5-11-9(2)12(16)17-13-15(11)10(8)6-7-14(3,18-13)19-20-15;5-3(6)1-2-4(7)8/h8-11,13H,4-7H2,1-3H3;1-2H2,(H,5,6)(H,7,8)/t8-,9-,10+,11+,13-,14-,15-;/m1./s1. The van der Waals surface area contributed by atoms with E-state index in [0.717, 1.165) is 25.7 Å². The highest BCUT2D eigenvalue weighted by Gasteiger charge is 2.70. The summed E-state index contributed by atoms with van der Waals surface area (Å²) in [5.74, 6) is -2.29. The zero-order valence-corrected chi connectivity index (χ0v) is 16.4. The molecule has 0 unspecified atom stereocenters. The highest BCUT2D eigenvalue weighted by Crippen LogP contribution is 2.59. The topological polar surface area (TPSA) is 129 Å². The molecule has 7 atom stereocenters. The summed E-state index contributed by atoms with van der Waals surface area (Å²) in [6.45, 7) is 6.06. The molecule has 0 aromatic carbocycles. The van der Waals surface area contributed by atoms with Gasteiger partial charge in [-0.05, 0) is 32.1 Å². The third-order valence-corrected chi connectivity index (χ3v) is 6.53. The first-order chi connectivity index (χ1) is 13.1. The minimum absolute atomic E-state index is 0.123. The van der Waals surface area contributed by atoms with Gasteiger partial charge in [0.15, 0.2) is 5.60 Å². The number of hydrogen-bond acceptors (Lipinski definition) is 7. The first kappa shape index (κ1) is 21.0. The number of rotatable bonds is 3. The van der Waals surface area contributed by atoms with Crippen LogP contribution in [-0.2, 0) is 33.6 Å². The number of carboxylic acids is 2. The Morgan fingerprint density at radius 1 is 1.04 bits per heavy atom. The van der Waals surface area contributed by atoms with E-state index in [-0.39, 0.29) is 30.6 Å². The Labute approximate surface area is 163 Å². The zero-order chi connectivity index (χ0) is 20.7. The van der Waals surface area contributed by atoms with Gasteiger partial charge >= 0.3 is 17.9 Å². The van der Waals surface area contributed by atoms with Crippen LogP contribution in [0.4, 0.5) is 0 Å². The zero-order valence-electron chi connectivity index (χ0n) is 16.4. The highest BCUT2D eigenvalue weighted by atomic mass is 17.3. The van der Waals surface area contributed by atoms with Crippen molar-refractivity contribution in [3.63, 3.8) is 0 Å². The van der Waals surface area contributed by atoms with E-state index in [1.807, 2.05) is 13.8 Å². The lowest BCUT2D eigenvalue weighted by Gasteiger charge is -2.57. The molecule has 1 aliphatic carbocycles. The van der Waals surface area contributed by atoms with Gasteiger partial charge in [-0.15, -0.1) is 0 Å². The number of aliphatic carboxylic acids is 2. The summed E-state index contributed by atoms with van der Waals surface area (Å²) in [4.78, 5) is 43.0. The largest absolute Gasteiger partial charge is 0.481 e. The molecule has 28 heavy (non-hydrogen) atoms. The molecule has 0 aromatic heterocycles. The molecular weight excluding hydrogens is 372 g/mol. The number of ether oxygens (including phenoxy) is 2. The number of carbonyl (C=O) groups excluding carboxylic acids is 1. The third-order valence-electron chi connectivity index (χ3n) is 6.53. The predicted octanol–water partition coefficient (Wildman–Crippen LogP) is 2.33. The average Bonchev–Trinajstić information content (AvgIpc) is 2.85. The summed E-state index contributed by atoms with van der Waals surface area (Å²) in [6, 6.07) is 0. The molecule has 2 bridgehead atoms. The Hall–Kier alpha value is -1.71. The normalized spacial score (nSPS) is 43.7. The molecule has 4 aliphatic heterocycles. The lowest BCUT2D eigenvalue weighted by Crippen LogP contribution is -2.69. The fourth-order valence-corrected chi connectivity index (χ4v) is 4.98. The van der Waals surface area contributed by atoms with Gasteiger partial charge in [0.05, 0.1) is 18.8 Å². The lowest BCUT2D eigenvalue weighted by atomic mass is 9.58. The van der Waals surface area contributed by atoms with Gasteiger partial charge in [-0.25, -0.2) is 9.78 Å². The molecular formula is C19H28O9. The van der Waals surface area contributed by atoms with Crippen molar-refractivity contribution in [2.45, 2.75) is 77.0 Å². The maximum Gasteiger partial charge on any atom is 0.311 e. The number of carbonyl (C=O) groups is 3. The summed E-state index contributed by atoms with van der Waals surface area (Å²) in [5.41, 5.74) is -0.610. The Morgan fingerprint density at radius 3 is 2.29 bits per heavy atom. The molecule has 0 aromatic rings. The van der Waals surface area contributed by atoms with Crippen LogP contribution < -0.4 is 0 Å². The summed E-state index contributed by atoms with van der Waals surface area (Å²) < 4.78 is 11.6. The highest BCUT2D eigenvalue weighted by molar-refractivity contribution is 5.75. The van der Waals surface area contributed by atoms with Crippen LogP contribution in [0.3, 0.4) is 0 Å². The quantitative estimate of drug-likeness (QED) is 0.541. The SMILES string of the molecule is C[C@@H]1CC[C@H]2[C@@H](C)C(=O)O[C@@H]3O[C@@]4(C)CC[C@@H]1[C@]32OO4.O=C(O)CCC(=O)O. The average molecular weight is 400 g/mol. The van der Waals surface area contributed by atoms with Crippen LogP contribution in [0.2, 0.25) is 0 Å². The van der Waals surface area contributed by atoms with Crippen LogP contribution >= 0.6 is 0 Å². The van der Waals surface area contributed by atoms with Gasteiger partial charge in [0.25, 0.3) is 0 Å². The molecule has 2 N–H and O–H groups in total. The van der Waals surface area contributed by atoms with Crippen molar-refractivity contribution in [1.29, 1.82) is 0 Å². The van der Waals surface area contributed by atoms with E-state index in [1.54, 1.807) is 0 Å². The van der Waals surface area contributed by atoms with Gasteiger partial charge in [0, 0.05) is 18.3 Å². The summed E-state index contributed by atoms with van der Waals surface area (Å²) in [7, 11) is 0. The minimum Gasteiger partial charge on any atom is -0.481 e. The van der Waals surface area contributed by atoms with Crippen LogP contribution in [0.15, 0.2) is 0 Å². The molecule has 1 saturated carbocycles. The fourth-order valence-electron chi connectivity index (χ4n) is 4.98. The minimum atomic E-state index is -1.08. The van der Waals surface area contributed by atoms with E-state index < -0.39 is 29.6 Å². The Morgan fingerprint density at radius 2 is 1.68 bits per heavy atom. The molecule has 5 rings (SSSR count). The van der Waals surface area contributed by atoms with E-state index >= 15 is 0 Å². The van der Waals surface area contributed by atoms with E-state index in [4.69, 9.17) is 29.5 Å². The van der Waals surface area contributed by atoms with E-state index in [1.165, 1.54) is 0 Å². The molecule has 0 radical (unpaired) electrons. The molecule has 4 saturated heterocycles. The van der Waals surface area contributed by atoms with Crippen molar-refractivity contribution in [2.24, 2.45) is 23.7 Å². The molecule has 0 amide bonds. The second kappa shape index (κ2) is 7.61. The molecule has 4 heterocycles. The second-order valence-corrected chi connectivity index (χ2v) is 8.42. The monoisotopic (exact) mass is 400 g/mol. The van der Waals surface area contributed by atoms with Gasteiger partial charge in [-0.1, -0.05) is 13.8 Å². The lowest BCUT2D eigenvalue weighted by molar-refractivity contribution is -0.559. The van der Waals surface area contributed by atoms with Crippen LogP contribution in [-0.4, -0.2) is 45.8 Å². The van der Waals surface area contributed by atoms with Crippen LogP contribution in [0.25, 0.3) is 0 Å². The van der Waals surface area contributed by atoms with Gasteiger partial charge in [0.1, 0.15) is 0 Å². The van der Waals surface area contributed by atoms with Crippen molar-refractivity contribution >= 4 is 17.9 Å². The number of esters is 1. The predicted molar refractivity (Wildman–Crippen MR) is 92.6 cm³/mol. The second-order valence-electron chi connectivity index (χ2n) is 8.42. The van der Waals surface area contributed by atoms with Crippen molar-refractivity contribution in [2.75, 3.05) is 0 Å². The first-order valence-electron chi connectivity index (χ1n) is 9.78. The van der Waals surface area contributed by atoms with Crippen molar-refractivity contribution in [3.05, 3.63) is 0 Å². The van der Waals surface area contributed by atoms with Crippen molar-refractivity contribution < 1.29 is 43.8 Å². The van der Waals surface area contributed by atoms with E-state index in [2.05, 4.69) is 6.92 Å². The third kappa shape index (κ3) is 3.62. The molecule has 1 spiro atoms. The van der Waals surface area contributed by atoms with E-state index in [0.29, 0.717) is 11.8 Å². The maximum absolute atomic E-state index is 12.1. The fraction of sp³-hybridized carbons (Fsp3) is 0.842. The van der Waals surface area contributed by atoms with Crippen LogP contribution in [0.1, 0.15) is 59.3 Å². The van der Waals surface area contributed by atoms with Crippen molar-refractivity contribution in [3.8, 4) is 0 Å². The molecule has 9 heteroatoms. The Bertz CT molecular complexity index is 635. The molecule has 5 aliphatic rings. The molecule has 5 fully saturated rings.